The highest BCUT2D eigenvalue weighted by molar-refractivity contribution is 7.84. The summed E-state index contributed by atoms with van der Waals surface area (Å²) in [6.45, 7) is 2.76. The van der Waals surface area contributed by atoms with Gasteiger partial charge in [0.2, 0.25) is 5.82 Å². The van der Waals surface area contributed by atoms with Crippen molar-refractivity contribution in [1.29, 1.82) is 0 Å². The fourth-order valence-electron chi connectivity index (χ4n) is 2.15. The van der Waals surface area contributed by atoms with E-state index >= 15 is 0 Å². The van der Waals surface area contributed by atoms with Crippen LogP contribution in [-0.2, 0) is 36.5 Å². The lowest BCUT2D eigenvalue weighted by Crippen LogP contribution is -2.28. The molecule has 4 nitrogen and oxygen atoms in total. The summed E-state index contributed by atoms with van der Waals surface area (Å²) >= 11 is 0. The molecular formula is C11H16F3N3OS. The van der Waals surface area contributed by atoms with Gasteiger partial charge in [0.15, 0.2) is 0 Å². The van der Waals surface area contributed by atoms with Gasteiger partial charge in [0.25, 0.3) is 0 Å². The Labute approximate surface area is 111 Å². The van der Waals surface area contributed by atoms with Crippen molar-refractivity contribution in [3.63, 3.8) is 0 Å². The molecule has 2 heterocycles. The van der Waals surface area contributed by atoms with Crippen molar-refractivity contribution < 1.29 is 17.4 Å². The fraction of sp³-hybridized carbons (Fsp3) is 0.727. The smallest absolute Gasteiger partial charge is 0.323 e. The highest BCUT2D eigenvalue weighted by Crippen LogP contribution is 2.31. The molecule has 2 rings (SSSR count). The Kier molecular flexibility index (Phi) is 4.00. The molecule has 2 atom stereocenters. The maximum Gasteiger partial charge on any atom is 0.449 e. The predicted molar refractivity (Wildman–Crippen MR) is 66.2 cm³/mol. The zero-order valence-electron chi connectivity index (χ0n) is 10.8. The number of aromatic nitrogens is 2. The summed E-state index contributed by atoms with van der Waals surface area (Å²) < 4.78 is 51.6. The normalized spacial score (nSPS) is 19.0. The number of hydrogen-bond acceptors (Lipinski definition) is 3. The van der Waals surface area contributed by atoms with Crippen molar-refractivity contribution in [2.24, 2.45) is 0 Å². The lowest BCUT2D eigenvalue weighted by Gasteiger charge is -2.19. The lowest BCUT2D eigenvalue weighted by molar-refractivity contribution is -0.147. The molecule has 1 aliphatic rings. The van der Waals surface area contributed by atoms with Crippen molar-refractivity contribution in [1.82, 2.24) is 14.9 Å². The third-order valence-corrected chi connectivity index (χ3v) is 4.53. The highest BCUT2D eigenvalue weighted by Gasteiger charge is 2.39. The molecule has 0 saturated carbocycles. The van der Waals surface area contributed by atoms with Crippen LogP contribution in [-0.4, -0.2) is 31.8 Å². The molecule has 0 bridgehead atoms. The second kappa shape index (κ2) is 5.24. The van der Waals surface area contributed by atoms with Gasteiger partial charge < -0.3 is 9.88 Å². The van der Waals surface area contributed by atoms with E-state index in [2.05, 4.69) is 10.3 Å². The van der Waals surface area contributed by atoms with Crippen LogP contribution in [0, 0.1) is 0 Å². The number of alkyl halides is 3. The van der Waals surface area contributed by atoms with Crippen LogP contribution in [0.5, 0.6) is 0 Å². The Morgan fingerprint density at radius 1 is 1.53 bits per heavy atom. The van der Waals surface area contributed by atoms with E-state index in [9.17, 15) is 17.4 Å². The summed E-state index contributed by atoms with van der Waals surface area (Å²) in [5.74, 6) is -0.876. The number of hydrogen-bond donors (Lipinski definition) is 1. The number of nitrogens with zero attached hydrogens (tertiary/aromatic N) is 2. The van der Waals surface area contributed by atoms with Gasteiger partial charge in [0.1, 0.15) is 0 Å². The molecule has 2 unspecified atom stereocenters. The molecule has 0 spiro atoms. The number of nitrogens with one attached hydrogen (secondary N) is 1. The Morgan fingerprint density at radius 3 is 2.79 bits per heavy atom. The van der Waals surface area contributed by atoms with Crippen LogP contribution in [0.1, 0.15) is 24.1 Å². The van der Waals surface area contributed by atoms with Crippen molar-refractivity contribution in [3.8, 4) is 0 Å². The van der Waals surface area contributed by atoms with Crippen molar-refractivity contribution in [2.75, 3.05) is 12.8 Å². The van der Waals surface area contributed by atoms with Gasteiger partial charge in [0.05, 0.1) is 5.69 Å². The quantitative estimate of drug-likeness (QED) is 0.915. The van der Waals surface area contributed by atoms with Gasteiger partial charge in [-0.05, 0) is 6.92 Å². The summed E-state index contributed by atoms with van der Waals surface area (Å²) in [5, 5.41) is 2.67. The number of imidazole rings is 1. The molecule has 108 valence electrons. The van der Waals surface area contributed by atoms with Gasteiger partial charge in [-0.3, -0.25) is 4.21 Å². The average Bonchev–Trinajstić information content (AvgIpc) is 2.68. The summed E-state index contributed by atoms with van der Waals surface area (Å²) in [4.78, 5) is 3.71. The molecule has 19 heavy (non-hydrogen) atoms. The van der Waals surface area contributed by atoms with E-state index in [4.69, 9.17) is 0 Å². The van der Waals surface area contributed by atoms with Gasteiger partial charge in [-0.25, -0.2) is 4.98 Å². The summed E-state index contributed by atoms with van der Waals surface area (Å²) in [6, 6.07) is 0. The molecule has 0 aromatic carbocycles. The van der Waals surface area contributed by atoms with Crippen LogP contribution in [0.15, 0.2) is 0 Å². The van der Waals surface area contributed by atoms with E-state index < -0.39 is 22.8 Å². The van der Waals surface area contributed by atoms with Crippen molar-refractivity contribution in [2.45, 2.75) is 37.9 Å². The zero-order valence-corrected chi connectivity index (χ0v) is 11.6. The molecule has 0 amide bonds. The zero-order chi connectivity index (χ0) is 14.2. The Morgan fingerprint density at radius 2 is 2.21 bits per heavy atom. The van der Waals surface area contributed by atoms with Gasteiger partial charge in [0, 0.05) is 54.1 Å². The lowest BCUT2D eigenvalue weighted by atomic mass is 10.2. The van der Waals surface area contributed by atoms with E-state index in [0.29, 0.717) is 30.9 Å². The Balaban J connectivity index is 2.43. The van der Waals surface area contributed by atoms with Gasteiger partial charge in [-0.15, -0.1) is 0 Å². The molecule has 0 radical (unpaired) electrons. The SMILES string of the molecule is CC(Cn1c(C(F)(F)F)nc2c1CCNC2)S(C)=O. The molecule has 8 heteroatoms. The molecule has 1 N–H and O–H groups in total. The van der Waals surface area contributed by atoms with Crippen LogP contribution in [0.3, 0.4) is 0 Å². The van der Waals surface area contributed by atoms with Gasteiger partial charge in [-0.2, -0.15) is 13.2 Å². The first-order valence-corrected chi connectivity index (χ1v) is 7.61. The van der Waals surface area contributed by atoms with E-state index in [1.807, 2.05) is 0 Å². The van der Waals surface area contributed by atoms with Crippen LogP contribution in [0.25, 0.3) is 0 Å². The maximum atomic E-state index is 13.0. The van der Waals surface area contributed by atoms with Crippen LogP contribution in [0.4, 0.5) is 13.2 Å². The first-order valence-electron chi connectivity index (χ1n) is 5.99. The average molecular weight is 295 g/mol. The van der Waals surface area contributed by atoms with Crippen molar-refractivity contribution >= 4 is 10.8 Å². The summed E-state index contributed by atoms with van der Waals surface area (Å²) in [5.41, 5.74) is 1.07. The van der Waals surface area contributed by atoms with Gasteiger partial charge >= 0.3 is 6.18 Å². The molecule has 0 fully saturated rings. The number of rotatable bonds is 3. The maximum absolute atomic E-state index is 13.0. The minimum Gasteiger partial charge on any atom is -0.323 e. The van der Waals surface area contributed by atoms with Gasteiger partial charge in [-0.1, -0.05) is 0 Å². The molecule has 0 aliphatic carbocycles. The molecule has 1 aromatic heterocycles. The molecule has 1 aromatic rings. The number of halogens is 3. The minimum atomic E-state index is -4.48. The van der Waals surface area contributed by atoms with E-state index in [1.54, 1.807) is 6.92 Å². The Hall–Kier alpha value is -0.890. The largest absolute Gasteiger partial charge is 0.449 e. The van der Waals surface area contributed by atoms with E-state index in [1.165, 1.54) is 10.8 Å². The Bertz CT molecular complexity index is 498. The minimum absolute atomic E-state index is 0.0836. The first-order chi connectivity index (χ1) is 8.80. The van der Waals surface area contributed by atoms with Crippen molar-refractivity contribution in [3.05, 3.63) is 17.2 Å². The third kappa shape index (κ3) is 3.00. The van der Waals surface area contributed by atoms with Crippen LogP contribution >= 0.6 is 0 Å². The monoisotopic (exact) mass is 295 g/mol. The highest BCUT2D eigenvalue weighted by atomic mass is 32.2. The van der Waals surface area contributed by atoms with E-state index in [0.717, 1.165) is 0 Å². The summed E-state index contributed by atoms with van der Waals surface area (Å²) in [7, 11) is -1.16. The summed E-state index contributed by atoms with van der Waals surface area (Å²) in [6.07, 6.45) is -2.46. The van der Waals surface area contributed by atoms with Crippen LogP contribution < -0.4 is 5.32 Å². The van der Waals surface area contributed by atoms with E-state index in [-0.39, 0.29) is 11.8 Å². The standard InChI is InChI=1S/C11H16F3N3OS/c1-7(19(2)18)6-17-9-3-4-15-5-8(9)16-10(17)11(12,13)14/h7,15H,3-6H2,1-2H3. The molecular weight excluding hydrogens is 279 g/mol. The second-order valence-corrected chi connectivity index (χ2v) is 6.48. The fourth-order valence-corrected chi connectivity index (χ4v) is 2.50. The molecule has 1 aliphatic heterocycles. The van der Waals surface area contributed by atoms with Crippen LogP contribution in [0.2, 0.25) is 0 Å². The first kappa shape index (κ1) is 14.5. The topological polar surface area (TPSA) is 46.9 Å². The number of fused-ring (bicyclic) bond motifs is 1. The predicted octanol–water partition coefficient (Wildman–Crippen LogP) is 1.31. The second-order valence-electron chi connectivity index (χ2n) is 4.67. The molecule has 0 saturated heterocycles. The third-order valence-electron chi connectivity index (χ3n) is 3.25.